The summed E-state index contributed by atoms with van der Waals surface area (Å²) in [7, 11) is 0. The summed E-state index contributed by atoms with van der Waals surface area (Å²) < 4.78 is 24.6. The van der Waals surface area contributed by atoms with Gasteiger partial charge in [-0.3, -0.25) is 8.74 Å². The molecule has 1 aromatic carbocycles. The van der Waals surface area contributed by atoms with Crippen LogP contribution in [0.15, 0.2) is 24.3 Å². The molecule has 2 atom stereocenters. The van der Waals surface area contributed by atoms with Crippen molar-refractivity contribution >= 4 is 34.0 Å². The van der Waals surface area contributed by atoms with E-state index >= 15 is 0 Å². The molecule has 72 valence electrons. The Bertz CT molecular complexity index is 299. The lowest BCUT2D eigenvalue weighted by Crippen LogP contribution is -2.01. The van der Waals surface area contributed by atoms with Gasteiger partial charge in [-0.2, -0.15) is 4.21 Å². The second-order valence-electron chi connectivity index (χ2n) is 2.51. The van der Waals surface area contributed by atoms with Crippen molar-refractivity contribution in [1.29, 1.82) is 0 Å². The molecule has 1 rings (SSSR count). The number of hydrogen-bond donors (Lipinski definition) is 1. The quantitative estimate of drug-likeness (QED) is 0.689. The van der Waals surface area contributed by atoms with Crippen LogP contribution >= 0.6 is 22.6 Å². The molecular weight excluding hydrogens is 303 g/mol. The minimum absolute atomic E-state index is 0.358. The topological polar surface area (TPSA) is 46.5 Å². The number of halogens is 1. The van der Waals surface area contributed by atoms with Crippen molar-refractivity contribution in [3.63, 3.8) is 0 Å². The summed E-state index contributed by atoms with van der Waals surface area (Å²) in [6.07, 6.45) is -0.358. The van der Waals surface area contributed by atoms with Crippen LogP contribution in [0.4, 0.5) is 0 Å². The van der Waals surface area contributed by atoms with Gasteiger partial charge in [-0.15, -0.1) is 0 Å². The van der Waals surface area contributed by atoms with Crippen molar-refractivity contribution in [3.05, 3.63) is 33.4 Å². The third kappa shape index (κ3) is 3.72. The van der Waals surface area contributed by atoms with E-state index in [0.717, 1.165) is 9.13 Å². The summed E-state index contributed by atoms with van der Waals surface area (Å²) in [5.41, 5.74) is 0.891. The maximum absolute atomic E-state index is 10.3. The minimum Gasteiger partial charge on any atom is -0.284 e. The summed E-state index contributed by atoms with van der Waals surface area (Å²) in [6, 6.07) is 7.60. The van der Waals surface area contributed by atoms with Crippen molar-refractivity contribution in [2.75, 3.05) is 0 Å². The largest absolute Gasteiger partial charge is 0.302 e. The molecule has 0 fully saturated rings. The van der Waals surface area contributed by atoms with Crippen LogP contribution in [0.1, 0.15) is 18.6 Å². The zero-order valence-corrected chi connectivity index (χ0v) is 9.91. The lowest BCUT2D eigenvalue weighted by Gasteiger charge is -2.08. The zero-order chi connectivity index (χ0) is 9.84. The van der Waals surface area contributed by atoms with Gasteiger partial charge in [-0.05, 0) is 47.2 Å². The molecule has 0 aromatic heterocycles. The SMILES string of the molecule is CC(OS(=O)O)c1ccc(I)cc1. The molecule has 0 saturated carbocycles. The first-order valence-electron chi connectivity index (χ1n) is 3.63. The predicted octanol–water partition coefficient (Wildman–Crippen LogP) is 2.51. The van der Waals surface area contributed by atoms with Crippen LogP contribution in [0, 0.1) is 3.57 Å². The molecular formula is C8H9IO3S. The van der Waals surface area contributed by atoms with Gasteiger partial charge in [-0.1, -0.05) is 12.1 Å². The molecule has 0 aliphatic carbocycles. The highest BCUT2D eigenvalue weighted by Crippen LogP contribution is 2.18. The summed E-state index contributed by atoms with van der Waals surface area (Å²) >= 11 is -0.00823. The van der Waals surface area contributed by atoms with Crippen molar-refractivity contribution in [1.82, 2.24) is 0 Å². The Hall–Kier alpha value is 0.0200. The van der Waals surface area contributed by atoms with Gasteiger partial charge in [0.25, 0.3) is 0 Å². The molecule has 0 saturated heterocycles. The Morgan fingerprint density at radius 3 is 2.46 bits per heavy atom. The Labute approximate surface area is 93.1 Å². The maximum Gasteiger partial charge on any atom is 0.302 e. The molecule has 13 heavy (non-hydrogen) atoms. The summed E-state index contributed by atoms with van der Waals surface area (Å²) in [5, 5.41) is 0. The number of hydrogen-bond acceptors (Lipinski definition) is 2. The predicted molar refractivity (Wildman–Crippen MR) is 59.4 cm³/mol. The van der Waals surface area contributed by atoms with Crippen molar-refractivity contribution < 1.29 is 12.9 Å². The Morgan fingerprint density at radius 2 is 2.00 bits per heavy atom. The van der Waals surface area contributed by atoms with E-state index in [2.05, 4.69) is 22.6 Å². The Balaban J connectivity index is 2.71. The van der Waals surface area contributed by atoms with E-state index in [9.17, 15) is 4.21 Å². The molecule has 2 unspecified atom stereocenters. The van der Waals surface area contributed by atoms with Gasteiger partial charge in [0.2, 0.25) is 0 Å². The van der Waals surface area contributed by atoms with E-state index in [1.807, 2.05) is 24.3 Å². The second kappa shape index (κ2) is 5.04. The Morgan fingerprint density at radius 1 is 1.46 bits per heavy atom. The lowest BCUT2D eigenvalue weighted by atomic mass is 10.1. The van der Waals surface area contributed by atoms with Crippen LogP contribution in [0.3, 0.4) is 0 Å². The summed E-state index contributed by atoms with van der Waals surface area (Å²) in [6.45, 7) is 1.73. The van der Waals surface area contributed by atoms with Crippen molar-refractivity contribution in [2.45, 2.75) is 13.0 Å². The fourth-order valence-corrected chi connectivity index (χ4v) is 1.63. The second-order valence-corrected chi connectivity index (χ2v) is 4.38. The first-order valence-corrected chi connectivity index (χ1v) is 5.74. The van der Waals surface area contributed by atoms with Crippen molar-refractivity contribution in [2.24, 2.45) is 0 Å². The number of benzene rings is 1. The van der Waals surface area contributed by atoms with Crippen LogP contribution in [-0.4, -0.2) is 8.76 Å². The third-order valence-electron chi connectivity index (χ3n) is 1.57. The van der Waals surface area contributed by atoms with Gasteiger partial charge in [0, 0.05) is 3.57 Å². The van der Waals surface area contributed by atoms with Crippen LogP contribution in [0.5, 0.6) is 0 Å². The monoisotopic (exact) mass is 312 g/mol. The van der Waals surface area contributed by atoms with Crippen LogP contribution in [0.2, 0.25) is 0 Å². The standard InChI is InChI=1S/C8H9IO3S/c1-6(12-13(10)11)7-2-4-8(9)5-3-7/h2-6H,1H3,(H,10,11). The van der Waals surface area contributed by atoms with E-state index in [1.165, 1.54) is 0 Å². The fraction of sp³-hybridized carbons (Fsp3) is 0.250. The van der Waals surface area contributed by atoms with Gasteiger partial charge in [0.05, 0.1) is 6.10 Å². The lowest BCUT2D eigenvalue weighted by molar-refractivity contribution is 0.227. The fourth-order valence-electron chi connectivity index (χ4n) is 0.913. The average molecular weight is 312 g/mol. The molecule has 0 aliphatic rings. The van der Waals surface area contributed by atoms with E-state index in [0.29, 0.717) is 0 Å². The van der Waals surface area contributed by atoms with Gasteiger partial charge in [0.1, 0.15) is 0 Å². The average Bonchev–Trinajstić information content (AvgIpc) is 2.04. The molecule has 0 aliphatic heterocycles. The summed E-state index contributed by atoms with van der Waals surface area (Å²) in [4.78, 5) is 0. The highest BCUT2D eigenvalue weighted by molar-refractivity contribution is 14.1. The van der Waals surface area contributed by atoms with Gasteiger partial charge in [-0.25, -0.2) is 0 Å². The Kier molecular flexibility index (Phi) is 4.30. The van der Waals surface area contributed by atoms with Gasteiger partial charge < -0.3 is 0 Å². The molecule has 0 heterocycles. The van der Waals surface area contributed by atoms with Crippen molar-refractivity contribution in [3.8, 4) is 0 Å². The van der Waals surface area contributed by atoms with Crippen LogP contribution in [-0.2, 0) is 15.5 Å². The van der Waals surface area contributed by atoms with Gasteiger partial charge in [0.15, 0.2) is 0 Å². The van der Waals surface area contributed by atoms with E-state index < -0.39 is 11.4 Å². The molecule has 5 heteroatoms. The maximum atomic E-state index is 10.3. The van der Waals surface area contributed by atoms with Crippen LogP contribution in [0.25, 0.3) is 0 Å². The normalized spacial score (nSPS) is 15.3. The van der Waals surface area contributed by atoms with Gasteiger partial charge >= 0.3 is 11.4 Å². The molecule has 0 bridgehead atoms. The molecule has 0 radical (unpaired) electrons. The van der Waals surface area contributed by atoms with E-state index in [1.54, 1.807) is 6.92 Å². The minimum atomic E-state index is -2.20. The molecule has 0 spiro atoms. The third-order valence-corrected chi connectivity index (χ3v) is 2.74. The van der Waals surface area contributed by atoms with E-state index in [4.69, 9.17) is 8.74 Å². The van der Waals surface area contributed by atoms with E-state index in [-0.39, 0.29) is 6.10 Å². The number of rotatable bonds is 3. The van der Waals surface area contributed by atoms with Crippen LogP contribution < -0.4 is 0 Å². The smallest absolute Gasteiger partial charge is 0.284 e. The molecule has 1 N–H and O–H groups in total. The first-order chi connectivity index (χ1) is 6.09. The highest BCUT2D eigenvalue weighted by atomic mass is 127. The zero-order valence-electron chi connectivity index (χ0n) is 6.94. The molecule has 0 amide bonds. The molecule has 1 aromatic rings. The summed E-state index contributed by atoms with van der Waals surface area (Å²) in [5.74, 6) is 0. The first kappa shape index (κ1) is 11.1. The molecule has 3 nitrogen and oxygen atoms in total. The highest BCUT2D eigenvalue weighted by Gasteiger charge is 2.08.